The van der Waals surface area contributed by atoms with E-state index in [1.165, 1.54) is 0 Å². The SMILES string of the molecule is CCn1cc(C)nc1C(C)N. The molecule has 0 aromatic carbocycles. The minimum atomic E-state index is 0.0312. The van der Waals surface area contributed by atoms with Gasteiger partial charge in [0.05, 0.1) is 11.7 Å². The molecule has 1 atom stereocenters. The van der Waals surface area contributed by atoms with Gasteiger partial charge in [-0.1, -0.05) is 0 Å². The van der Waals surface area contributed by atoms with Gasteiger partial charge in [-0.3, -0.25) is 0 Å². The fraction of sp³-hybridized carbons (Fsp3) is 0.625. The van der Waals surface area contributed by atoms with Gasteiger partial charge in [0.25, 0.3) is 0 Å². The van der Waals surface area contributed by atoms with E-state index < -0.39 is 0 Å². The second-order valence-corrected chi connectivity index (χ2v) is 2.82. The minimum absolute atomic E-state index is 0.0312. The number of rotatable bonds is 2. The van der Waals surface area contributed by atoms with Gasteiger partial charge in [-0.2, -0.15) is 0 Å². The predicted molar refractivity (Wildman–Crippen MR) is 45.2 cm³/mol. The molecule has 0 spiro atoms. The van der Waals surface area contributed by atoms with Gasteiger partial charge in [-0.15, -0.1) is 0 Å². The van der Waals surface area contributed by atoms with Crippen LogP contribution in [0.4, 0.5) is 0 Å². The largest absolute Gasteiger partial charge is 0.334 e. The molecule has 0 saturated carbocycles. The van der Waals surface area contributed by atoms with E-state index in [-0.39, 0.29) is 6.04 Å². The fourth-order valence-electron chi connectivity index (χ4n) is 1.18. The third-order valence-corrected chi connectivity index (χ3v) is 1.68. The van der Waals surface area contributed by atoms with E-state index in [4.69, 9.17) is 5.73 Å². The van der Waals surface area contributed by atoms with E-state index in [1.807, 2.05) is 20.0 Å². The van der Waals surface area contributed by atoms with Crippen molar-refractivity contribution in [2.24, 2.45) is 5.73 Å². The topological polar surface area (TPSA) is 43.8 Å². The number of imidazole rings is 1. The third kappa shape index (κ3) is 1.60. The molecule has 1 heterocycles. The number of nitrogens with two attached hydrogens (primary N) is 1. The molecule has 3 nitrogen and oxygen atoms in total. The Labute approximate surface area is 67.2 Å². The first-order valence-corrected chi connectivity index (χ1v) is 3.94. The minimum Gasteiger partial charge on any atom is -0.334 e. The summed E-state index contributed by atoms with van der Waals surface area (Å²) < 4.78 is 2.08. The maximum atomic E-state index is 5.72. The molecule has 1 aromatic rings. The van der Waals surface area contributed by atoms with Crippen LogP contribution in [0.1, 0.15) is 31.4 Å². The molecule has 0 amide bonds. The van der Waals surface area contributed by atoms with Crippen molar-refractivity contribution in [1.29, 1.82) is 0 Å². The average Bonchev–Trinajstić information content (AvgIpc) is 2.30. The Kier molecular flexibility index (Phi) is 2.29. The summed E-state index contributed by atoms with van der Waals surface area (Å²) in [5.74, 6) is 0.977. The summed E-state index contributed by atoms with van der Waals surface area (Å²) in [6.45, 7) is 6.97. The quantitative estimate of drug-likeness (QED) is 0.694. The van der Waals surface area contributed by atoms with Crippen molar-refractivity contribution >= 4 is 0 Å². The normalized spacial score (nSPS) is 13.5. The van der Waals surface area contributed by atoms with Crippen molar-refractivity contribution in [2.75, 3.05) is 0 Å². The molecule has 1 unspecified atom stereocenters. The molecule has 11 heavy (non-hydrogen) atoms. The molecule has 0 radical (unpaired) electrons. The van der Waals surface area contributed by atoms with E-state index in [0.717, 1.165) is 18.1 Å². The van der Waals surface area contributed by atoms with Crippen LogP contribution in [0.25, 0.3) is 0 Å². The van der Waals surface area contributed by atoms with Gasteiger partial charge in [-0.25, -0.2) is 4.98 Å². The Morgan fingerprint density at radius 1 is 1.73 bits per heavy atom. The van der Waals surface area contributed by atoms with Crippen molar-refractivity contribution in [1.82, 2.24) is 9.55 Å². The van der Waals surface area contributed by atoms with Crippen molar-refractivity contribution in [3.8, 4) is 0 Å². The molecule has 0 bridgehead atoms. The molecular weight excluding hydrogens is 138 g/mol. The second-order valence-electron chi connectivity index (χ2n) is 2.82. The molecular formula is C8H15N3. The second kappa shape index (κ2) is 3.05. The van der Waals surface area contributed by atoms with Crippen LogP contribution in [0.3, 0.4) is 0 Å². The Balaban J connectivity index is 3.02. The molecule has 2 N–H and O–H groups in total. The molecule has 0 aliphatic rings. The Hall–Kier alpha value is -0.830. The zero-order valence-electron chi connectivity index (χ0n) is 7.33. The van der Waals surface area contributed by atoms with Gasteiger partial charge in [0.1, 0.15) is 5.82 Å². The molecule has 0 aliphatic carbocycles. The van der Waals surface area contributed by atoms with Crippen molar-refractivity contribution in [3.63, 3.8) is 0 Å². The summed E-state index contributed by atoms with van der Waals surface area (Å²) >= 11 is 0. The first-order chi connectivity index (χ1) is 5.15. The Morgan fingerprint density at radius 3 is 2.73 bits per heavy atom. The average molecular weight is 153 g/mol. The molecule has 1 aromatic heterocycles. The van der Waals surface area contributed by atoms with Crippen LogP contribution in [0.15, 0.2) is 6.20 Å². The monoisotopic (exact) mass is 153 g/mol. The molecule has 1 rings (SSSR count). The highest BCUT2D eigenvalue weighted by atomic mass is 15.1. The van der Waals surface area contributed by atoms with Gasteiger partial charge >= 0.3 is 0 Å². The number of nitrogens with zero attached hydrogens (tertiary/aromatic N) is 2. The van der Waals surface area contributed by atoms with E-state index in [0.29, 0.717) is 0 Å². The van der Waals surface area contributed by atoms with Crippen LogP contribution in [0.5, 0.6) is 0 Å². The van der Waals surface area contributed by atoms with Crippen molar-refractivity contribution in [2.45, 2.75) is 33.4 Å². The summed E-state index contributed by atoms with van der Waals surface area (Å²) in [4.78, 5) is 4.32. The highest BCUT2D eigenvalue weighted by Crippen LogP contribution is 2.08. The summed E-state index contributed by atoms with van der Waals surface area (Å²) in [6, 6.07) is 0.0312. The van der Waals surface area contributed by atoms with Crippen LogP contribution in [-0.2, 0) is 6.54 Å². The summed E-state index contributed by atoms with van der Waals surface area (Å²) in [7, 11) is 0. The van der Waals surface area contributed by atoms with E-state index in [2.05, 4.69) is 16.5 Å². The van der Waals surface area contributed by atoms with Crippen molar-refractivity contribution < 1.29 is 0 Å². The fourth-order valence-corrected chi connectivity index (χ4v) is 1.18. The molecule has 0 aliphatic heterocycles. The van der Waals surface area contributed by atoms with Crippen LogP contribution < -0.4 is 5.73 Å². The smallest absolute Gasteiger partial charge is 0.125 e. The standard InChI is InChI=1S/C8H15N3/c1-4-11-5-6(2)10-8(11)7(3)9/h5,7H,4,9H2,1-3H3. The van der Waals surface area contributed by atoms with Crippen molar-refractivity contribution in [3.05, 3.63) is 17.7 Å². The molecule has 3 heteroatoms. The number of hydrogen-bond donors (Lipinski definition) is 1. The lowest BCUT2D eigenvalue weighted by atomic mass is 10.3. The summed E-state index contributed by atoms with van der Waals surface area (Å²) in [5, 5.41) is 0. The first-order valence-electron chi connectivity index (χ1n) is 3.94. The lowest BCUT2D eigenvalue weighted by molar-refractivity contribution is 0.637. The lowest BCUT2D eigenvalue weighted by Gasteiger charge is -2.06. The first kappa shape index (κ1) is 8.27. The highest BCUT2D eigenvalue weighted by Gasteiger charge is 2.07. The van der Waals surface area contributed by atoms with Crippen LogP contribution in [0, 0.1) is 6.92 Å². The van der Waals surface area contributed by atoms with Gasteiger partial charge in [-0.05, 0) is 20.8 Å². The van der Waals surface area contributed by atoms with Gasteiger partial charge in [0.15, 0.2) is 0 Å². The van der Waals surface area contributed by atoms with Crippen LogP contribution in [-0.4, -0.2) is 9.55 Å². The zero-order chi connectivity index (χ0) is 8.43. The zero-order valence-corrected chi connectivity index (χ0v) is 7.33. The van der Waals surface area contributed by atoms with E-state index >= 15 is 0 Å². The molecule has 0 fully saturated rings. The molecule has 62 valence electrons. The number of aryl methyl sites for hydroxylation is 2. The van der Waals surface area contributed by atoms with E-state index in [1.54, 1.807) is 0 Å². The van der Waals surface area contributed by atoms with Gasteiger partial charge in [0.2, 0.25) is 0 Å². The maximum Gasteiger partial charge on any atom is 0.125 e. The van der Waals surface area contributed by atoms with Crippen LogP contribution >= 0.6 is 0 Å². The summed E-state index contributed by atoms with van der Waals surface area (Å²) in [6.07, 6.45) is 2.03. The number of aromatic nitrogens is 2. The van der Waals surface area contributed by atoms with Gasteiger partial charge < -0.3 is 10.3 Å². The maximum absolute atomic E-state index is 5.72. The van der Waals surface area contributed by atoms with E-state index in [9.17, 15) is 0 Å². The molecule has 0 saturated heterocycles. The Morgan fingerprint density at radius 2 is 2.36 bits per heavy atom. The number of hydrogen-bond acceptors (Lipinski definition) is 2. The summed E-state index contributed by atoms with van der Waals surface area (Å²) in [5.41, 5.74) is 6.76. The third-order valence-electron chi connectivity index (χ3n) is 1.68. The highest BCUT2D eigenvalue weighted by molar-refractivity contribution is 5.04. The van der Waals surface area contributed by atoms with Gasteiger partial charge in [0, 0.05) is 12.7 Å². The lowest BCUT2D eigenvalue weighted by Crippen LogP contribution is -2.12. The predicted octanol–water partition coefficient (Wildman–Crippen LogP) is 1.23. The van der Waals surface area contributed by atoms with Crippen LogP contribution in [0.2, 0.25) is 0 Å². The Bertz CT molecular complexity index is 237.